The maximum Gasteiger partial charge on any atom is 0.360 e. The maximum absolute atomic E-state index is 10.9. The molecule has 2 rings (SSSR count). The number of aryl methyl sites for hydroxylation is 1. The van der Waals surface area contributed by atoms with Crippen LogP contribution in [0.4, 0.5) is 0 Å². The number of rotatable bonds is 3. The fourth-order valence-corrected chi connectivity index (χ4v) is 1.54. The predicted octanol–water partition coefficient (Wildman–Crippen LogP) is 1.75. The first kappa shape index (κ1) is 11.1. The summed E-state index contributed by atoms with van der Waals surface area (Å²) in [5.41, 5.74) is 1.52. The normalized spacial score (nSPS) is 10.2. The average molecular weight is 234 g/mol. The van der Waals surface area contributed by atoms with Crippen LogP contribution in [0.25, 0.3) is 11.3 Å². The summed E-state index contributed by atoms with van der Waals surface area (Å²) in [6.45, 7) is 1.86. The Kier molecular flexibility index (Phi) is 2.78. The standard InChI is InChI=1S/C11H10N2O4/c1-6-5-7(3-4-8(6)16-2)9-10(11(14)15)13-17-12-9/h3-5H,1-2H3,(H,14,15). The van der Waals surface area contributed by atoms with E-state index in [4.69, 9.17) is 9.84 Å². The lowest BCUT2D eigenvalue weighted by Crippen LogP contribution is -1.99. The molecule has 0 spiro atoms. The summed E-state index contributed by atoms with van der Waals surface area (Å²) in [6.07, 6.45) is 0. The van der Waals surface area contributed by atoms with E-state index in [2.05, 4.69) is 14.9 Å². The van der Waals surface area contributed by atoms with E-state index in [1.807, 2.05) is 6.92 Å². The predicted molar refractivity (Wildman–Crippen MR) is 58.0 cm³/mol. The lowest BCUT2D eigenvalue weighted by Gasteiger charge is -2.05. The van der Waals surface area contributed by atoms with Crippen LogP contribution < -0.4 is 4.74 Å². The molecule has 17 heavy (non-hydrogen) atoms. The van der Waals surface area contributed by atoms with Gasteiger partial charge in [0.05, 0.1) is 7.11 Å². The molecule has 6 heteroatoms. The second kappa shape index (κ2) is 4.25. The summed E-state index contributed by atoms with van der Waals surface area (Å²) < 4.78 is 9.56. The molecule has 0 fully saturated rings. The molecule has 1 aromatic carbocycles. The van der Waals surface area contributed by atoms with Crippen molar-refractivity contribution in [2.75, 3.05) is 7.11 Å². The van der Waals surface area contributed by atoms with Crippen molar-refractivity contribution in [3.05, 3.63) is 29.5 Å². The van der Waals surface area contributed by atoms with E-state index >= 15 is 0 Å². The Hall–Kier alpha value is -2.37. The topological polar surface area (TPSA) is 85.5 Å². The minimum atomic E-state index is -1.17. The number of hydrogen-bond donors (Lipinski definition) is 1. The van der Waals surface area contributed by atoms with Crippen LogP contribution in [0.15, 0.2) is 22.8 Å². The van der Waals surface area contributed by atoms with Crippen LogP contribution in [-0.4, -0.2) is 28.5 Å². The summed E-state index contributed by atoms with van der Waals surface area (Å²) >= 11 is 0. The number of aromatic carboxylic acids is 1. The Balaban J connectivity index is 2.50. The zero-order valence-corrected chi connectivity index (χ0v) is 9.30. The zero-order chi connectivity index (χ0) is 12.4. The van der Waals surface area contributed by atoms with Crippen molar-refractivity contribution >= 4 is 5.97 Å². The molecule has 0 bridgehead atoms. The van der Waals surface area contributed by atoms with Crippen molar-refractivity contribution in [1.29, 1.82) is 0 Å². The lowest BCUT2D eigenvalue weighted by molar-refractivity contribution is 0.0685. The quantitative estimate of drug-likeness (QED) is 0.870. The number of benzene rings is 1. The van der Waals surface area contributed by atoms with Crippen molar-refractivity contribution in [2.24, 2.45) is 0 Å². The van der Waals surface area contributed by atoms with Crippen molar-refractivity contribution in [3.63, 3.8) is 0 Å². The summed E-state index contributed by atoms with van der Waals surface area (Å²) in [5.74, 6) is -0.447. The highest BCUT2D eigenvalue weighted by Crippen LogP contribution is 2.26. The van der Waals surface area contributed by atoms with E-state index in [1.54, 1.807) is 25.3 Å². The van der Waals surface area contributed by atoms with Crippen molar-refractivity contribution in [2.45, 2.75) is 6.92 Å². The Bertz CT molecular complexity index is 562. The third-order valence-corrected chi connectivity index (χ3v) is 2.36. The molecule has 0 saturated heterocycles. The number of methoxy groups -OCH3 is 1. The van der Waals surface area contributed by atoms with Gasteiger partial charge in [-0.15, -0.1) is 0 Å². The number of ether oxygens (including phenoxy) is 1. The van der Waals surface area contributed by atoms with E-state index < -0.39 is 5.97 Å². The molecule has 0 unspecified atom stereocenters. The largest absolute Gasteiger partial charge is 0.496 e. The lowest BCUT2D eigenvalue weighted by atomic mass is 10.1. The van der Waals surface area contributed by atoms with Gasteiger partial charge >= 0.3 is 5.97 Å². The smallest absolute Gasteiger partial charge is 0.360 e. The highest BCUT2D eigenvalue weighted by Gasteiger charge is 2.19. The van der Waals surface area contributed by atoms with Gasteiger partial charge in [0, 0.05) is 5.56 Å². The molecule has 0 radical (unpaired) electrons. The van der Waals surface area contributed by atoms with Crippen molar-refractivity contribution in [1.82, 2.24) is 10.3 Å². The second-order valence-corrected chi connectivity index (χ2v) is 3.45. The van der Waals surface area contributed by atoms with Gasteiger partial charge in [-0.1, -0.05) is 0 Å². The van der Waals surface area contributed by atoms with Gasteiger partial charge in [-0.3, -0.25) is 0 Å². The van der Waals surface area contributed by atoms with E-state index in [1.165, 1.54) is 0 Å². The molecule has 0 aliphatic carbocycles. The minimum absolute atomic E-state index is 0.199. The van der Waals surface area contributed by atoms with Crippen LogP contribution in [0.3, 0.4) is 0 Å². The van der Waals surface area contributed by atoms with Gasteiger partial charge < -0.3 is 9.84 Å². The Morgan fingerprint density at radius 3 is 2.76 bits per heavy atom. The number of carboxylic acid groups (broad SMARTS) is 1. The van der Waals surface area contributed by atoms with Crippen LogP contribution in [-0.2, 0) is 0 Å². The van der Waals surface area contributed by atoms with Crippen LogP contribution in [0.5, 0.6) is 5.75 Å². The molecule has 88 valence electrons. The van der Waals surface area contributed by atoms with Crippen LogP contribution in [0, 0.1) is 6.92 Å². The molecular formula is C11H10N2O4. The van der Waals surface area contributed by atoms with E-state index in [9.17, 15) is 4.79 Å². The number of hydrogen-bond acceptors (Lipinski definition) is 5. The third-order valence-electron chi connectivity index (χ3n) is 2.36. The van der Waals surface area contributed by atoms with E-state index in [0.717, 1.165) is 11.3 Å². The molecule has 0 atom stereocenters. The second-order valence-electron chi connectivity index (χ2n) is 3.45. The molecule has 0 aliphatic heterocycles. The summed E-state index contributed by atoms with van der Waals surface area (Å²) in [6, 6.07) is 5.22. The fraction of sp³-hybridized carbons (Fsp3) is 0.182. The summed E-state index contributed by atoms with van der Waals surface area (Å²) in [5, 5.41) is 15.8. The third kappa shape index (κ3) is 1.96. The maximum atomic E-state index is 10.9. The first-order chi connectivity index (χ1) is 8.13. The fourth-order valence-electron chi connectivity index (χ4n) is 1.54. The first-order valence-electron chi connectivity index (χ1n) is 4.84. The number of carbonyl (C=O) groups is 1. The van der Waals surface area contributed by atoms with Crippen LogP contribution in [0.2, 0.25) is 0 Å². The van der Waals surface area contributed by atoms with Crippen molar-refractivity contribution < 1.29 is 19.3 Å². The molecule has 0 aliphatic rings. The summed E-state index contributed by atoms with van der Waals surface area (Å²) in [4.78, 5) is 10.9. The molecule has 0 amide bonds. The Morgan fingerprint density at radius 2 is 2.18 bits per heavy atom. The number of carboxylic acids is 1. The number of aromatic nitrogens is 2. The van der Waals surface area contributed by atoms with E-state index in [0.29, 0.717) is 5.56 Å². The molecule has 0 saturated carbocycles. The zero-order valence-electron chi connectivity index (χ0n) is 9.30. The molecule has 2 aromatic rings. The van der Waals surface area contributed by atoms with Gasteiger partial charge in [0.2, 0.25) is 5.69 Å². The van der Waals surface area contributed by atoms with Gasteiger partial charge in [0.1, 0.15) is 11.4 Å². The van der Waals surface area contributed by atoms with Crippen LogP contribution >= 0.6 is 0 Å². The van der Waals surface area contributed by atoms with Gasteiger partial charge in [0.25, 0.3) is 0 Å². The first-order valence-corrected chi connectivity index (χ1v) is 4.84. The van der Waals surface area contributed by atoms with E-state index in [-0.39, 0.29) is 11.4 Å². The molecule has 1 N–H and O–H groups in total. The van der Waals surface area contributed by atoms with Crippen LogP contribution in [0.1, 0.15) is 16.1 Å². The van der Waals surface area contributed by atoms with Gasteiger partial charge in [-0.05, 0) is 41.0 Å². The Morgan fingerprint density at radius 1 is 1.41 bits per heavy atom. The highest BCUT2D eigenvalue weighted by atomic mass is 16.6. The SMILES string of the molecule is COc1ccc(-c2nonc2C(=O)O)cc1C. The van der Waals surface area contributed by atoms with Gasteiger partial charge in [0.15, 0.2) is 0 Å². The monoisotopic (exact) mass is 234 g/mol. The van der Waals surface area contributed by atoms with Gasteiger partial charge in [-0.25, -0.2) is 9.42 Å². The molecule has 6 nitrogen and oxygen atoms in total. The van der Waals surface area contributed by atoms with Crippen molar-refractivity contribution in [3.8, 4) is 17.0 Å². The average Bonchev–Trinajstić information content (AvgIpc) is 2.77. The summed E-state index contributed by atoms with van der Waals surface area (Å²) in [7, 11) is 1.57. The van der Waals surface area contributed by atoms with Gasteiger partial charge in [-0.2, -0.15) is 0 Å². The minimum Gasteiger partial charge on any atom is -0.496 e. The molecule has 1 aromatic heterocycles. The number of nitrogens with zero attached hydrogens (tertiary/aromatic N) is 2. The Labute approximate surface area is 96.8 Å². The molecular weight excluding hydrogens is 224 g/mol. The molecule has 1 heterocycles. The highest BCUT2D eigenvalue weighted by molar-refractivity contribution is 5.92.